The van der Waals surface area contributed by atoms with Crippen molar-refractivity contribution in [2.45, 2.75) is 90.0 Å². The number of fused-ring (bicyclic) bond motifs is 4. The topological polar surface area (TPSA) is 167 Å². The van der Waals surface area contributed by atoms with E-state index in [-0.39, 0.29) is 96.2 Å². The SMILES string of the molecule is COc1c2n(cc(C(=O)CCc3ccc(F)cc3F)c1=O)C[C@@H]1OCC[C@@H](C)N1C2=O.C[C@@H]1CCO[C@H]2Cn3cc(C(=O)CCc4ccc(F)cc4F)c(=O)c(O)c3C(=O)N12. The predicted octanol–water partition coefficient (Wildman–Crippen LogP) is 4.78. The number of aryl methyl sites for hydroxylation is 2. The predicted molar refractivity (Wildman–Crippen MR) is 208 cm³/mol. The van der Waals surface area contributed by atoms with Gasteiger partial charge in [0.15, 0.2) is 46.9 Å². The molecule has 8 rings (SSSR count). The number of pyridine rings is 2. The molecule has 61 heavy (non-hydrogen) atoms. The standard InChI is InChI=1S/C22H22F2N2O5.C21H20F2N2O5/c1-12-7-8-31-18-11-25-10-15(20(28)21(30-2)19(25)22(29)26(12)18)17(27)6-4-13-3-5-14(23)9-16(13)24;1-11-6-7-30-17-10-24-9-14(19(27)20(28)18(24)21(29)25(11)17)16(26)5-3-12-2-4-13(22)8-15(12)23/h3,5,9-10,12,18H,4,6-8,11H2,1-2H3;2,4,8-9,11,17,28H,3,5-7,10H2,1H3/t12-,18+;11-,17+/m11/s1. The van der Waals surface area contributed by atoms with Crippen LogP contribution in [0.5, 0.6) is 11.5 Å². The monoisotopic (exact) mass is 850 g/mol. The number of aromatic hydroxyl groups is 1. The maximum atomic E-state index is 13.9. The third kappa shape index (κ3) is 8.33. The molecular formula is C43H42F4N4O10. The number of amides is 2. The molecule has 4 aliphatic rings. The van der Waals surface area contributed by atoms with Crippen molar-refractivity contribution < 1.29 is 56.1 Å². The molecule has 2 aromatic heterocycles. The summed E-state index contributed by atoms with van der Waals surface area (Å²) in [6, 6.07) is 6.03. The number of nitrogens with zero attached hydrogens (tertiary/aromatic N) is 4. The summed E-state index contributed by atoms with van der Waals surface area (Å²) in [7, 11) is 1.27. The molecule has 0 radical (unpaired) electrons. The van der Waals surface area contributed by atoms with E-state index in [0.717, 1.165) is 24.3 Å². The molecule has 6 heterocycles. The van der Waals surface area contributed by atoms with Gasteiger partial charge in [-0.2, -0.15) is 0 Å². The van der Waals surface area contributed by atoms with Crippen LogP contribution in [-0.2, 0) is 35.4 Å². The highest BCUT2D eigenvalue weighted by atomic mass is 19.1. The van der Waals surface area contributed by atoms with Crippen molar-refractivity contribution in [2.24, 2.45) is 0 Å². The summed E-state index contributed by atoms with van der Waals surface area (Å²) in [5.41, 5.74) is -1.83. The van der Waals surface area contributed by atoms with Gasteiger partial charge in [-0.05, 0) is 62.8 Å². The van der Waals surface area contributed by atoms with E-state index in [1.54, 1.807) is 4.90 Å². The summed E-state index contributed by atoms with van der Waals surface area (Å²) in [5.74, 6) is -5.97. The zero-order valence-corrected chi connectivity index (χ0v) is 33.4. The van der Waals surface area contributed by atoms with Crippen molar-refractivity contribution in [2.75, 3.05) is 20.3 Å². The van der Waals surface area contributed by atoms with Gasteiger partial charge in [0.25, 0.3) is 11.8 Å². The number of hydrogen-bond acceptors (Lipinski definition) is 10. The normalized spacial score (nSPS) is 20.4. The van der Waals surface area contributed by atoms with Gasteiger partial charge in [-0.1, -0.05) is 12.1 Å². The highest BCUT2D eigenvalue weighted by Crippen LogP contribution is 2.31. The molecule has 14 nitrogen and oxygen atoms in total. The van der Waals surface area contributed by atoms with Gasteiger partial charge in [0.1, 0.15) is 23.3 Å². The molecule has 2 fully saturated rings. The molecule has 18 heteroatoms. The molecule has 0 bridgehead atoms. The second kappa shape index (κ2) is 17.5. The molecule has 0 spiro atoms. The number of rotatable bonds is 9. The van der Waals surface area contributed by atoms with Crippen molar-refractivity contribution in [3.8, 4) is 11.5 Å². The largest absolute Gasteiger partial charge is 0.503 e. The molecule has 0 saturated carbocycles. The van der Waals surface area contributed by atoms with E-state index in [0.29, 0.717) is 26.1 Å². The summed E-state index contributed by atoms with van der Waals surface area (Å²) in [4.78, 5) is 80.0. The van der Waals surface area contributed by atoms with E-state index in [1.807, 2.05) is 13.8 Å². The average Bonchev–Trinajstić information content (AvgIpc) is 3.21. The van der Waals surface area contributed by atoms with Gasteiger partial charge in [-0.15, -0.1) is 0 Å². The van der Waals surface area contributed by atoms with Gasteiger partial charge in [-0.25, -0.2) is 17.6 Å². The van der Waals surface area contributed by atoms with E-state index in [2.05, 4.69) is 0 Å². The Balaban J connectivity index is 0.000000184. The van der Waals surface area contributed by atoms with E-state index in [9.17, 15) is 51.4 Å². The zero-order chi connectivity index (χ0) is 43.9. The van der Waals surface area contributed by atoms with Crippen LogP contribution in [0, 0.1) is 23.3 Å². The second-order valence-electron chi connectivity index (χ2n) is 15.3. The Kier molecular flexibility index (Phi) is 12.3. The molecule has 0 unspecified atom stereocenters. The summed E-state index contributed by atoms with van der Waals surface area (Å²) in [6.45, 7) is 5.20. The lowest BCUT2D eigenvalue weighted by Gasteiger charge is -2.44. The van der Waals surface area contributed by atoms with E-state index >= 15 is 0 Å². The van der Waals surface area contributed by atoms with Crippen molar-refractivity contribution in [1.82, 2.24) is 18.9 Å². The van der Waals surface area contributed by atoms with Crippen LogP contribution in [0.3, 0.4) is 0 Å². The van der Waals surface area contributed by atoms with Gasteiger partial charge in [0, 0.05) is 49.5 Å². The fraction of sp³-hybridized carbons (Fsp3) is 0.395. The minimum atomic E-state index is -0.941. The van der Waals surface area contributed by atoms with Crippen LogP contribution in [0.1, 0.15) is 92.4 Å². The highest BCUT2D eigenvalue weighted by Gasteiger charge is 2.42. The molecular weight excluding hydrogens is 808 g/mol. The molecule has 322 valence electrons. The number of benzene rings is 2. The first-order valence-electron chi connectivity index (χ1n) is 19.7. The molecule has 4 aromatic rings. The number of carbonyl (C=O) groups is 4. The molecule has 1 N–H and O–H groups in total. The number of Topliss-reactive ketones (excluding diaryl/α,β-unsaturated/α-hetero) is 2. The summed E-state index contributed by atoms with van der Waals surface area (Å²) in [6.07, 6.45) is 2.48. The average molecular weight is 851 g/mol. The van der Waals surface area contributed by atoms with E-state index < -0.39 is 69.8 Å². The number of methoxy groups -OCH3 is 1. The quantitative estimate of drug-likeness (QED) is 0.183. The molecule has 0 aliphatic carbocycles. The lowest BCUT2D eigenvalue weighted by atomic mass is 10.0. The summed E-state index contributed by atoms with van der Waals surface area (Å²) < 4.78 is 73.2. The maximum Gasteiger partial charge on any atom is 0.276 e. The third-order valence-electron chi connectivity index (χ3n) is 11.4. The Hall–Kier alpha value is -6.14. The van der Waals surface area contributed by atoms with Gasteiger partial charge < -0.3 is 38.3 Å². The van der Waals surface area contributed by atoms with Crippen LogP contribution in [-0.4, -0.2) is 92.3 Å². The van der Waals surface area contributed by atoms with Crippen LogP contribution < -0.4 is 15.6 Å². The first-order valence-corrected chi connectivity index (χ1v) is 19.7. The lowest BCUT2D eigenvalue weighted by molar-refractivity contribution is -0.112. The molecule has 4 atom stereocenters. The van der Waals surface area contributed by atoms with Crippen LogP contribution in [0.4, 0.5) is 17.6 Å². The Morgan fingerprint density at radius 3 is 1.61 bits per heavy atom. The lowest BCUT2D eigenvalue weighted by Crippen LogP contribution is -2.57. The maximum absolute atomic E-state index is 13.9. The van der Waals surface area contributed by atoms with Crippen molar-refractivity contribution >= 4 is 23.4 Å². The van der Waals surface area contributed by atoms with Crippen LogP contribution in [0.2, 0.25) is 0 Å². The Labute approximate surface area is 345 Å². The Bertz CT molecular complexity index is 2560. The number of ketones is 2. The first kappa shape index (κ1) is 43.0. The second-order valence-corrected chi connectivity index (χ2v) is 15.3. The van der Waals surface area contributed by atoms with E-state index in [4.69, 9.17) is 14.2 Å². The van der Waals surface area contributed by atoms with Crippen LogP contribution in [0.25, 0.3) is 0 Å². The van der Waals surface area contributed by atoms with Crippen molar-refractivity contribution in [3.05, 3.63) is 126 Å². The molecule has 2 aromatic carbocycles. The molecule has 2 saturated heterocycles. The molecule has 2 amide bonds. The smallest absolute Gasteiger partial charge is 0.276 e. The van der Waals surface area contributed by atoms with Gasteiger partial charge in [-0.3, -0.25) is 28.8 Å². The first-order chi connectivity index (χ1) is 29.1. The number of aromatic nitrogens is 2. The van der Waals surface area contributed by atoms with Crippen LogP contribution >= 0.6 is 0 Å². The zero-order valence-electron chi connectivity index (χ0n) is 33.4. The summed E-state index contributed by atoms with van der Waals surface area (Å²) in [5, 5.41) is 10.4. The third-order valence-corrected chi connectivity index (χ3v) is 11.4. The number of carbonyl (C=O) groups excluding carboxylic acids is 4. The van der Waals surface area contributed by atoms with Gasteiger partial charge in [0.05, 0.1) is 44.5 Å². The fourth-order valence-corrected chi connectivity index (χ4v) is 8.10. The van der Waals surface area contributed by atoms with Crippen LogP contribution in [0.15, 0.2) is 58.4 Å². The minimum Gasteiger partial charge on any atom is -0.503 e. The van der Waals surface area contributed by atoms with E-state index in [1.165, 1.54) is 45.7 Å². The number of hydrogen-bond donors (Lipinski definition) is 1. The summed E-state index contributed by atoms with van der Waals surface area (Å²) >= 11 is 0. The minimum absolute atomic E-state index is 0.00438. The number of ether oxygens (including phenoxy) is 3. The van der Waals surface area contributed by atoms with Gasteiger partial charge >= 0.3 is 0 Å². The molecule has 4 aliphatic heterocycles. The number of halogens is 4. The van der Waals surface area contributed by atoms with Gasteiger partial charge in [0.2, 0.25) is 10.9 Å². The fourth-order valence-electron chi connectivity index (χ4n) is 8.10. The Morgan fingerprint density at radius 2 is 1.15 bits per heavy atom. The van der Waals surface area contributed by atoms with Crippen molar-refractivity contribution in [3.63, 3.8) is 0 Å². The Morgan fingerprint density at radius 1 is 0.705 bits per heavy atom. The highest BCUT2D eigenvalue weighted by molar-refractivity contribution is 6.01. The van der Waals surface area contributed by atoms with Crippen molar-refractivity contribution in [1.29, 1.82) is 0 Å².